The third-order valence-corrected chi connectivity index (χ3v) is 1.67. The maximum absolute atomic E-state index is 3.93. The largest absolute Gasteiger partial charge is 0.103 e. The Balaban J connectivity index is 2.57. The molecule has 0 heterocycles. The van der Waals surface area contributed by atoms with Gasteiger partial charge in [-0.2, -0.15) is 0 Å². The average Bonchev–Trinajstić information content (AvgIpc) is 2.06. The van der Waals surface area contributed by atoms with Crippen molar-refractivity contribution in [3.8, 4) is 0 Å². The molecule has 0 aromatic heterocycles. The second kappa shape index (κ2) is 3.97. The molecule has 0 saturated heterocycles. The van der Waals surface area contributed by atoms with Gasteiger partial charge in [0.2, 0.25) is 0 Å². The van der Waals surface area contributed by atoms with Gasteiger partial charge in [0.25, 0.3) is 0 Å². The van der Waals surface area contributed by atoms with Gasteiger partial charge in [-0.05, 0) is 24.8 Å². The molecule has 57 valence electrons. The summed E-state index contributed by atoms with van der Waals surface area (Å²) in [5, 5.41) is 0. The Kier molecular flexibility index (Phi) is 2.91. The van der Waals surface area contributed by atoms with E-state index in [9.17, 15) is 0 Å². The molecular formula is C11H13. The predicted octanol–water partition coefficient (Wildman–Crippen LogP) is 2.87. The summed E-state index contributed by atoms with van der Waals surface area (Å²) in [4.78, 5) is 0. The highest BCUT2D eigenvalue weighted by atomic mass is 14.0. The molecule has 0 spiro atoms. The molecule has 0 heteroatoms. The number of allylic oxidation sites excluding steroid dienone is 1. The first-order chi connectivity index (χ1) is 5.33. The molecule has 0 aliphatic carbocycles. The minimum absolute atomic E-state index is 0.331. The highest BCUT2D eigenvalue weighted by Crippen LogP contribution is 2.07. The molecule has 11 heavy (non-hydrogen) atoms. The van der Waals surface area contributed by atoms with Crippen molar-refractivity contribution in [3.05, 3.63) is 55.5 Å². The summed E-state index contributed by atoms with van der Waals surface area (Å²) < 4.78 is 0. The van der Waals surface area contributed by atoms with E-state index in [1.807, 2.05) is 24.3 Å². The van der Waals surface area contributed by atoms with Gasteiger partial charge in [0.1, 0.15) is 0 Å². The number of benzene rings is 1. The topological polar surface area (TPSA) is 0 Å². The van der Waals surface area contributed by atoms with Crippen LogP contribution in [0.3, 0.4) is 0 Å². The third kappa shape index (κ3) is 2.58. The van der Waals surface area contributed by atoms with Gasteiger partial charge in [0, 0.05) is 0 Å². The molecule has 0 amide bonds. The summed E-state index contributed by atoms with van der Waals surface area (Å²) in [5.41, 5.74) is 1.33. The van der Waals surface area contributed by atoms with Crippen molar-refractivity contribution in [1.82, 2.24) is 0 Å². The van der Waals surface area contributed by atoms with Crippen LogP contribution < -0.4 is 0 Å². The Morgan fingerprint density at radius 3 is 2.45 bits per heavy atom. The Morgan fingerprint density at radius 2 is 1.91 bits per heavy atom. The molecule has 1 aromatic carbocycles. The molecule has 0 aliphatic rings. The molecule has 0 nitrogen and oxygen atoms in total. The maximum Gasteiger partial charge on any atom is -0.0195 e. The van der Waals surface area contributed by atoms with E-state index in [4.69, 9.17) is 0 Å². The zero-order chi connectivity index (χ0) is 8.10. The Labute approximate surface area is 68.6 Å². The molecule has 0 saturated carbocycles. The van der Waals surface area contributed by atoms with Gasteiger partial charge >= 0.3 is 0 Å². The molecule has 1 radical (unpaired) electrons. The van der Waals surface area contributed by atoms with E-state index >= 15 is 0 Å². The van der Waals surface area contributed by atoms with Gasteiger partial charge in [-0.15, -0.1) is 6.58 Å². The lowest BCUT2D eigenvalue weighted by atomic mass is 10.0. The predicted molar refractivity (Wildman–Crippen MR) is 49.2 cm³/mol. The van der Waals surface area contributed by atoms with Gasteiger partial charge in [-0.1, -0.05) is 36.4 Å². The van der Waals surface area contributed by atoms with E-state index in [-0.39, 0.29) is 0 Å². The van der Waals surface area contributed by atoms with Crippen LogP contribution in [0.1, 0.15) is 5.56 Å². The van der Waals surface area contributed by atoms with Crippen LogP contribution in [0.4, 0.5) is 0 Å². The molecule has 0 fully saturated rings. The molecule has 0 aliphatic heterocycles. The fraction of sp³-hybridized carbons (Fsp3) is 0.182. The van der Waals surface area contributed by atoms with E-state index in [2.05, 4.69) is 25.6 Å². The van der Waals surface area contributed by atoms with Crippen LogP contribution >= 0.6 is 0 Å². The van der Waals surface area contributed by atoms with Crippen LogP contribution in [0, 0.1) is 12.8 Å². The van der Waals surface area contributed by atoms with Gasteiger partial charge < -0.3 is 0 Å². The second-order valence-corrected chi connectivity index (χ2v) is 2.69. The van der Waals surface area contributed by atoms with E-state index < -0.39 is 0 Å². The summed E-state index contributed by atoms with van der Waals surface area (Å²) >= 11 is 0. The van der Waals surface area contributed by atoms with Crippen molar-refractivity contribution in [2.75, 3.05) is 0 Å². The van der Waals surface area contributed by atoms with Crippen LogP contribution in [-0.4, -0.2) is 0 Å². The number of rotatable bonds is 3. The van der Waals surface area contributed by atoms with Crippen molar-refractivity contribution in [2.45, 2.75) is 6.42 Å². The molecule has 0 bridgehead atoms. The summed E-state index contributed by atoms with van der Waals surface area (Å²) in [7, 11) is 0. The summed E-state index contributed by atoms with van der Waals surface area (Å²) in [5.74, 6) is 0.331. The quantitative estimate of drug-likeness (QED) is 0.574. The smallest absolute Gasteiger partial charge is 0.0195 e. The van der Waals surface area contributed by atoms with Gasteiger partial charge in [-0.25, -0.2) is 0 Å². The van der Waals surface area contributed by atoms with Crippen molar-refractivity contribution in [1.29, 1.82) is 0 Å². The third-order valence-electron chi connectivity index (χ3n) is 1.67. The van der Waals surface area contributed by atoms with Crippen LogP contribution in [-0.2, 0) is 6.42 Å². The van der Waals surface area contributed by atoms with E-state index in [1.165, 1.54) is 5.56 Å². The van der Waals surface area contributed by atoms with E-state index in [0.717, 1.165) is 6.42 Å². The lowest BCUT2D eigenvalue weighted by Gasteiger charge is -2.03. The van der Waals surface area contributed by atoms with Crippen molar-refractivity contribution < 1.29 is 0 Å². The molecular weight excluding hydrogens is 132 g/mol. The van der Waals surface area contributed by atoms with E-state index in [0.29, 0.717) is 5.92 Å². The zero-order valence-electron chi connectivity index (χ0n) is 6.66. The zero-order valence-corrected chi connectivity index (χ0v) is 6.66. The average molecular weight is 145 g/mol. The fourth-order valence-corrected chi connectivity index (χ4v) is 1.00. The first-order valence-electron chi connectivity index (χ1n) is 3.82. The lowest BCUT2D eigenvalue weighted by Crippen LogP contribution is -1.94. The number of hydrogen-bond acceptors (Lipinski definition) is 0. The first-order valence-corrected chi connectivity index (χ1v) is 3.82. The number of hydrogen-bond donors (Lipinski definition) is 0. The van der Waals surface area contributed by atoms with Gasteiger partial charge in [0.15, 0.2) is 0 Å². The second-order valence-electron chi connectivity index (χ2n) is 2.69. The highest BCUT2D eigenvalue weighted by Gasteiger charge is 1.96. The van der Waals surface area contributed by atoms with Crippen LogP contribution in [0.2, 0.25) is 0 Å². The SMILES string of the molecule is [CH2]C(C=C)Cc1ccccc1. The molecule has 1 rings (SSSR count). The standard InChI is InChI=1S/C11H13/c1-3-10(2)9-11-7-5-4-6-8-11/h3-8,10H,1-2,9H2. The van der Waals surface area contributed by atoms with Crippen molar-refractivity contribution in [2.24, 2.45) is 5.92 Å². The fourth-order valence-electron chi connectivity index (χ4n) is 1.00. The maximum atomic E-state index is 3.93. The van der Waals surface area contributed by atoms with Crippen LogP contribution in [0.5, 0.6) is 0 Å². The summed E-state index contributed by atoms with van der Waals surface area (Å²) in [6.45, 7) is 7.63. The minimum Gasteiger partial charge on any atom is -0.103 e. The van der Waals surface area contributed by atoms with Crippen LogP contribution in [0.15, 0.2) is 43.0 Å². The van der Waals surface area contributed by atoms with Crippen molar-refractivity contribution >= 4 is 0 Å². The molecule has 1 unspecified atom stereocenters. The monoisotopic (exact) mass is 145 g/mol. The van der Waals surface area contributed by atoms with E-state index in [1.54, 1.807) is 0 Å². The Hall–Kier alpha value is -1.04. The van der Waals surface area contributed by atoms with Crippen LogP contribution in [0.25, 0.3) is 0 Å². The van der Waals surface area contributed by atoms with Gasteiger partial charge in [-0.3, -0.25) is 0 Å². The Bertz CT molecular complexity index is 211. The van der Waals surface area contributed by atoms with Crippen molar-refractivity contribution in [3.63, 3.8) is 0 Å². The lowest BCUT2D eigenvalue weighted by molar-refractivity contribution is 0.803. The molecule has 1 aromatic rings. The normalized spacial score (nSPS) is 12.5. The molecule has 0 N–H and O–H groups in total. The van der Waals surface area contributed by atoms with Gasteiger partial charge in [0.05, 0.1) is 0 Å². The Morgan fingerprint density at radius 1 is 1.27 bits per heavy atom. The highest BCUT2D eigenvalue weighted by molar-refractivity contribution is 5.16. The summed E-state index contributed by atoms with van der Waals surface area (Å²) in [6.07, 6.45) is 2.87. The summed E-state index contributed by atoms with van der Waals surface area (Å²) in [6, 6.07) is 10.3. The minimum atomic E-state index is 0.331. The molecule has 1 atom stereocenters. The first kappa shape index (κ1) is 8.06.